The summed E-state index contributed by atoms with van der Waals surface area (Å²) in [5, 5.41) is 34.6. The minimum absolute atomic E-state index is 0.0783. The first kappa shape index (κ1) is 27.2. The summed E-state index contributed by atoms with van der Waals surface area (Å²) in [4.78, 5) is 51.3. The van der Waals surface area contributed by atoms with Crippen molar-refractivity contribution in [3.05, 3.63) is 11.6 Å². The molecule has 38 heavy (non-hydrogen) atoms. The zero-order valence-electron chi connectivity index (χ0n) is 22.4. The van der Waals surface area contributed by atoms with E-state index >= 15 is 0 Å². The van der Waals surface area contributed by atoms with E-state index in [2.05, 4.69) is 0 Å². The van der Waals surface area contributed by atoms with Crippen molar-refractivity contribution in [2.45, 2.75) is 90.2 Å². The highest BCUT2D eigenvalue weighted by Gasteiger charge is 2.83. The number of esters is 3. The van der Waals surface area contributed by atoms with E-state index in [1.54, 1.807) is 27.7 Å². The second kappa shape index (κ2) is 8.33. The van der Waals surface area contributed by atoms with Crippen LogP contribution in [-0.4, -0.2) is 81.4 Å². The molecule has 11 nitrogen and oxygen atoms in total. The zero-order chi connectivity index (χ0) is 28.2. The van der Waals surface area contributed by atoms with Gasteiger partial charge in [-0.05, 0) is 44.6 Å². The Morgan fingerprint density at radius 2 is 1.92 bits per heavy atom. The lowest BCUT2D eigenvalue weighted by molar-refractivity contribution is -0.340. The lowest BCUT2D eigenvalue weighted by Crippen LogP contribution is -2.78. The van der Waals surface area contributed by atoms with E-state index in [1.807, 2.05) is 0 Å². The van der Waals surface area contributed by atoms with Gasteiger partial charge in [-0.1, -0.05) is 26.3 Å². The van der Waals surface area contributed by atoms with Crippen molar-refractivity contribution < 1.29 is 53.4 Å². The molecule has 2 aliphatic heterocycles. The fraction of sp³-hybridized carbons (Fsp3) is 0.778. The van der Waals surface area contributed by atoms with Crippen molar-refractivity contribution in [1.82, 2.24) is 0 Å². The van der Waals surface area contributed by atoms with Crippen LogP contribution in [0.1, 0.15) is 54.4 Å². The van der Waals surface area contributed by atoms with Crippen LogP contribution >= 0.6 is 0 Å². The van der Waals surface area contributed by atoms with E-state index in [1.165, 1.54) is 13.0 Å². The van der Waals surface area contributed by atoms with E-state index in [9.17, 15) is 34.5 Å². The maximum atomic E-state index is 13.5. The Labute approximate surface area is 220 Å². The molecule has 3 N–H and O–H groups in total. The molecule has 0 aromatic carbocycles. The first-order chi connectivity index (χ1) is 17.6. The molecule has 2 bridgehead atoms. The van der Waals surface area contributed by atoms with Gasteiger partial charge in [-0.25, -0.2) is 9.59 Å². The molecule has 210 valence electrons. The highest BCUT2D eigenvalue weighted by atomic mass is 16.7. The third kappa shape index (κ3) is 3.16. The van der Waals surface area contributed by atoms with E-state index in [0.717, 1.165) is 6.92 Å². The first-order valence-corrected chi connectivity index (χ1v) is 13.1. The van der Waals surface area contributed by atoms with Gasteiger partial charge in [0.15, 0.2) is 11.6 Å². The molecular formula is C27H36O11. The molecule has 12 atom stereocenters. The Morgan fingerprint density at radius 3 is 2.53 bits per heavy atom. The molecule has 0 unspecified atom stereocenters. The highest BCUT2D eigenvalue weighted by Crippen LogP contribution is 2.73. The summed E-state index contributed by atoms with van der Waals surface area (Å²) < 4.78 is 22.9. The van der Waals surface area contributed by atoms with E-state index < -0.39 is 94.0 Å². The van der Waals surface area contributed by atoms with Gasteiger partial charge < -0.3 is 34.3 Å². The van der Waals surface area contributed by atoms with Crippen LogP contribution in [0.25, 0.3) is 0 Å². The average Bonchev–Trinajstić information content (AvgIpc) is 3.13. The molecule has 5 aliphatic rings. The Morgan fingerprint density at radius 1 is 1.26 bits per heavy atom. The molecule has 4 fully saturated rings. The monoisotopic (exact) mass is 536 g/mol. The quantitative estimate of drug-likeness (QED) is 0.337. The number of hydrogen-bond donors (Lipinski definition) is 3. The third-order valence-corrected chi connectivity index (χ3v) is 10.3. The molecule has 3 aliphatic carbocycles. The summed E-state index contributed by atoms with van der Waals surface area (Å²) in [5.74, 6) is -8.29. The van der Waals surface area contributed by atoms with Crippen molar-refractivity contribution in [1.29, 1.82) is 0 Å². The Hall–Kier alpha value is -2.34. The summed E-state index contributed by atoms with van der Waals surface area (Å²) in [6.45, 7) is 9.12. The van der Waals surface area contributed by atoms with Crippen molar-refractivity contribution in [3.63, 3.8) is 0 Å². The summed E-state index contributed by atoms with van der Waals surface area (Å²) in [7, 11) is 0. The predicted octanol–water partition coefficient (Wildman–Crippen LogP) is 0.420. The van der Waals surface area contributed by atoms with Gasteiger partial charge >= 0.3 is 17.9 Å². The first-order valence-electron chi connectivity index (χ1n) is 13.1. The number of aliphatic hydroxyl groups excluding tert-OH is 2. The van der Waals surface area contributed by atoms with Gasteiger partial charge in [-0.15, -0.1) is 0 Å². The van der Waals surface area contributed by atoms with Crippen molar-refractivity contribution in [2.75, 3.05) is 6.61 Å². The molecule has 0 radical (unpaired) electrons. The smallest absolute Gasteiger partial charge is 0.351 e. The van der Waals surface area contributed by atoms with Gasteiger partial charge in [-0.2, -0.15) is 0 Å². The van der Waals surface area contributed by atoms with Crippen molar-refractivity contribution in [2.24, 2.45) is 34.5 Å². The normalized spacial score (nSPS) is 48.6. The van der Waals surface area contributed by atoms with Crippen LogP contribution in [-0.2, 0) is 38.1 Å². The number of fused-ring (bicyclic) bond motifs is 1. The highest BCUT2D eigenvalue weighted by molar-refractivity contribution is 5.96. The number of aliphatic hydroxyl groups is 3. The Bertz CT molecular complexity index is 1130. The fourth-order valence-electron chi connectivity index (χ4n) is 8.55. The summed E-state index contributed by atoms with van der Waals surface area (Å²) >= 11 is 0. The lowest BCUT2D eigenvalue weighted by atomic mass is 9.38. The largest absolute Gasteiger partial charge is 0.459 e. The predicted molar refractivity (Wildman–Crippen MR) is 127 cm³/mol. The second-order valence-corrected chi connectivity index (χ2v) is 12.2. The number of ether oxygens (including phenoxy) is 4. The van der Waals surface area contributed by atoms with Gasteiger partial charge in [0.1, 0.15) is 18.3 Å². The van der Waals surface area contributed by atoms with Crippen LogP contribution in [0.4, 0.5) is 0 Å². The minimum Gasteiger partial charge on any atom is -0.459 e. The van der Waals surface area contributed by atoms with Crippen LogP contribution in [0.5, 0.6) is 0 Å². The second-order valence-electron chi connectivity index (χ2n) is 12.2. The molecule has 11 heteroatoms. The van der Waals surface area contributed by atoms with Gasteiger partial charge in [0.2, 0.25) is 11.7 Å². The van der Waals surface area contributed by atoms with Crippen molar-refractivity contribution in [3.8, 4) is 0 Å². The summed E-state index contributed by atoms with van der Waals surface area (Å²) in [5.41, 5.74) is -3.44. The van der Waals surface area contributed by atoms with E-state index in [4.69, 9.17) is 18.9 Å². The van der Waals surface area contributed by atoms with Crippen LogP contribution in [0.15, 0.2) is 11.6 Å². The number of allylic oxidation sites excluding steroid dienone is 1. The Balaban J connectivity index is 1.64. The molecule has 2 heterocycles. The molecule has 2 saturated heterocycles. The van der Waals surface area contributed by atoms with Gasteiger partial charge in [-0.3, -0.25) is 9.59 Å². The molecule has 2 saturated carbocycles. The molecule has 0 aromatic heterocycles. The molecule has 5 rings (SSSR count). The average molecular weight is 537 g/mol. The van der Waals surface area contributed by atoms with E-state index in [-0.39, 0.29) is 19.4 Å². The van der Waals surface area contributed by atoms with Gasteiger partial charge in [0.05, 0.1) is 6.61 Å². The molecule has 1 spiro atoms. The van der Waals surface area contributed by atoms with Gasteiger partial charge in [0, 0.05) is 29.6 Å². The number of carbonyl (C=O) groups excluding carboxylic acids is 4. The topological polar surface area (TPSA) is 166 Å². The third-order valence-electron chi connectivity index (χ3n) is 10.3. The van der Waals surface area contributed by atoms with Crippen LogP contribution in [0.3, 0.4) is 0 Å². The van der Waals surface area contributed by atoms with Crippen LogP contribution in [0.2, 0.25) is 0 Å². The zero-order valence-corrected chi connectivity index (χ0v) is 22.4. The van der Waals surface area contributed by atoms with Crippen LogP contribution < -0.4 is 0 Å². The maximum Gasteiger partial charge on any atom is 0.351 e. The number of rotatable bonds is 4. The number of carbonyl (C=O) groups is 4. The van der Waals surface area contributed by atoms with Crippen molar-refractivity contribution >= 4 is 23.7 Å². The van der Waals surface area contributed by atoms with Gasteiger partial charge in [0.25, 0.3) is 0 Å². The lowest BCUT2D eigenvalue weighted by Gasteiger charge is -2.68. The molecule has 0 aromatic rings. The summed E-state index contributed by atoms with van der Waals surface area (Å²) in [6.07, 6.45) is -3.63. The molecule has 0 amide bonds. The summed E-state index contributed by atoms with van der Waals surface area (Å²) in [6, 6.07) is 0. The number of ketones is 1. The Kier molecular flexibility index (Phi) is 5.97. The van der Waals surface area contributed by atoms with Crippen LogP contribution in [0, 0.1) is 34.5 Å². The maximum absolute atomic E-state index is 13.5. The standard InChI is InChI=1S/C27H36O11/c1-7-24(5,38-13(4)28)23(33)37-18-17-12(3)19(30)27(34)22-25(6)14(11(2)8-15(29)20(25)31)9-16(36-21(18)32)26(17,22)10-35-27/h8,12,14,16-20,22,30-31,34H,7,9-10H2,1-6H3/t12-,14+,16-,17-,18-,19-,20-,22-,24+,25-,26+,27+/m1/s1. The SMILES string of the molecule is CC[C@](C)(OC(C)=O)C(=O)O[C@H]1C(=O)O[C@@H]2C[C@H]3C(C)=CC(=O)[C@@H](O)[C@]3(C)[C@H]3[C@@]4(O)OC[C@]32[C@@H]1[C@@H](C)[C@H]4O. The number of hydrogen-bond acceptors (Lipinski definition) is 11. The minimum atomic E-state index is -2.14. The van der Waals surface area contributed by atoms with E-state index in [0.29, 0.717) is 5.57 Å². The molecular weight excluding hydrogens is 500 g/mol. The fourth-order valence-corrected chi connectivity index (χ4v) is 8.55.